The van der Waals surface area contributed by atoms with E-state index >= 15 is 0 Å². The average molecular weight is 407 g/mol. The molecule has 0 aliphatic carbocycles. The third-order valence-corrected chi connectivity index (χ3v) is 4.65. The van der Waals surface area contributed by atoms with Gasteiger partial charge in [0.05, 0.1) is 22.0 Å². The first kappa shape index (κ1) is 19.2. The third kappa shape index (κ3) is 4.23. The predicted octanol–water partition coefficient (Wildman–Crippen LogP) is 3.91. The lowest BCUT2D eigenvalue weighted by molar-refractivity contribution is -0.122. The number of amides is 2. The van der Waals surface area contributed by atoms with Gasteiger partial charge in [0.25, 0.3) is 5.91 Å². The van der Waals surface area contributed by atoms with Crippen molar-refractivity contribution in [2.24, 2.45) is 0 Å². The maximum absolute atomic E-state index is 12.8. The molecule has 8 heteroatoms. The molecule has 0 unspecified atom stereocenters. The van der Waals surface area contributed by atoms with E-state index in [9.17, 15) is 14.4 Å². The van der Waals surface area contributed by atoms with Crippen molar-refractivity contribution >= 4 is 52.4 Å². The van der Waals surface area contributed by atoms with E-state index in [2.05, 4.69) is 5.32 Å². The minimum atomic E-state index is -0.727. The highest BCUT2D eigenvalue weighted by Gasteiger charge is 2.30. The molecule has 1 atom stereocenters. The number of esters is 1. The number of anilines is 2. The molecule has 1 heterocycles. The molecular weight excluding hydrogens is 391 g/mol. The van der Waals surface area contributed by atoms with Gasteiger partial charge in [0.2, 0.25) is 5.91 Å². The monoisotopic (exact) mass is 406 g/mol. The molecule has 0 fully saturated rings. The van der Waals surface area contributed by atoms with E-state index in [1.54, 1.807) is 31.2 Å². The van der Waals surface area contributed by atoms with Crippen LogP contribution >= 0.6 is 23.2 Å². The Bertz CT molecular complexity index is 916. The summed E-state index contributed by atoms with van der Waals surface area (Å²) in [5.41, 5.74) is 1.21. The largest absolute Gasteiger partial charge is 0.452 e. The SMILES string of the molecule is C[C@@H]1CC(=O)Nc2ccccc2N1C(=O)COC(=O)c1ccc(Cl)cc1Cl. The topological polar surface area (TPSA) is 75.7 Å². The van der Waals surface area contributed by atoms with Crippen LogP contribution in [0.3, 0.4) is 0 Å². The molecule has 0 bridgehead atoms. The zero-order valence-electron chi connectivity index (χ0n) is 14.4. The first-order valence-electron chi connectivity index (χ1n) is 8.20. The summed E-state index contributed by atoms with van der Waals surface area (Å²) in [5.74, 6) is -1.35. The molecule has 3 rings (SSSR count). The van der Waals surface area contributed by atoms with Crippen LogP contribution in [0.25, 0.3) is 0 Å². The van der Waals surface area contributed by atoms with Gasteiger partial charge in [-0.05, 0) is 37.3 Å². The number of para-hydroxylation sites is 2. The Hall–Kier alpha value is -2.57. The highest BCUT2D eigenvalue weighted by Crippen LogP contribution is 2.31. The van der Waals surface area contributed by atoms with E-state index in [1.165, 1.54) is 23.1 Å². The Labute approximate surface area is 166 Å². The van der Waals surface area contributed by atoms with Crippen LogP contribution in [0.5, 0.6) is 0 Å². The lowest BCUT2D eigenvalue weighted by atomic mass is 10.1. The first-order chi connectivity index (χ1) is 12.9. The second-order valence-electron chi connectivity index (χ2n) is 6.08. The van der Waals surface area contributed by atoms with Crippen LogP contribution in [-0.4, -0.2) is 30.4 Å². The van der Waals surface area contributed by atoms with Crippen molar-refractivity contribution in [3.63, 3.8) is 0 Å². The van der Waals surface area contributed by atoms with E-state index < -0.39 is 18.5 Å². The molecule has 140 valence electrons. The molecule has 0 saturated carbocycles. The molecule has 2 aromatic carbocycles. The van der Waals surface area contributed by atoms with Crippen LogP contribution in [0.15, 0.2) is 42.5 Å². The van der Waals surface area contributed by atoms with Gasteiger partial charge in [0.15, 0.2) is 6.61 Å². The number of nitrogens with zero attached hydrogens (tertiary/aromatic N) is 1. The summed E-state index contributed by atoms with van der Waals surface area (Å²) < 4.78 is 5.13. The van der Waals surface area contributed by atoms with Gasteiger partial charge in [-0.2, -0.15) is 0 Å². The van der Waals surface area contributed by atoms with Crippen molar-refractivity contribution in [2.75, 3.05) is 16.8 Å². The molecule has 1 aliphatic heterocycles. The van der Waals surface area contributed by atoms with Crippen molar-refractivity contribution < 1.29 is 19.1 Å². The lowest BCUT2D eigenvalue weighted by Crippen LogP contribution is -2.41. The van der Waals surface area contributed by atoms with Crippen molar-refractivity contribution in [3.8, 4) is 0 Å². The number of hydrogen-bond acceptors (Lipinski definition) is 4. The average Bonchev–Trinajstić information content (AvgIpc) is 2.73. The summed E-state index contributed by atoms with van der Waals surface area (Å²) in [6.07, 6.45) is 0.136. The maximum Gasteiger partial charge on any atom is 0.340 e. The van der Waals surface area contributed by atoms with Gasteiger partial charge in [-0.15, -0.1) is 0 Å². The number of rotatable bonds is 3. The highest BCUT2D eigenvalue weighted by atomic mass is 35.5. The summed E-state index contributed by atoms with van der Waals surface area (Å²) in [4.78, 5) is 38.4. The number of ether oxygens (including phenoxy) is 1. The number of carbonyl (C=O) groups is 3. The van der Waals surface area contributed by atoms with Gasteiger partial charge in [0, 0.05) is 17.5 Å². The van der Waals surface area contributed by atoms with Crippen LogP contribution in [0, 0.1) is 0 Å². The number of halogens is 2. The Balaban J connectivity index is 1.77. The van der Waals surface area contributed by atoms with Gasteiger partial charge in [0.1, 0.15) is 0 Å². The second-order valence-corrected chi connectivity index (χ2v) is 6.93. The lowest BCUT2D eigenvalue weighted by Gasteiger charge is -2.27. The van der Waals surface area contributed by atoms with Gasteiger partial charge in [-0.25, -0.2) is 4.79 Å². The molecule has 0 saturated heterocycles. The maximum atomic E-state index is 12.8. The van der Waals surface area contributed by atoms with E-state index in [1.807, 2.05) is 0 Å². The normalized spacial score (nSPS) is 16.2. The van der Waals surface area contributed by atoms with Gasteiger partial charge in [-0.3, -0.25) is 9.59 Å². The fraction of sp³-hybridized carbons (Fsp3) is 0.211. The number of nitrogens with one attached hydrogen (secondary N) is 1. The van der Waals surface area contributed by atoms with Crippen molar-refractivity contribution in [2.45, 2.75) is 19.4 Å². The Morgan fingerprint density at radius 2 is 1.96 bits per heavy atom. The second kappa shape index (κ2) is 7.98. The quantitative estimate of drug-likeness (QED) is 0.783. The molecule has 2 amide bonds. The highest BCUT2D eigenvalue weighted by molar-refractivity contribution is 6.36. The van der Waals surface area contributed by atoms with Crippen molar-refractivity contribution in [3.05, 3.63) is 58.1 Å². The Morgan fingerprint density at radius 1 is 1.22 bits per heavy atom. The summed E-state index contributed by atoms with van der Waals surface area (Å²) in [6.45, 7) is 1.28. The van der Waals surface area contributed by atoms with E-state index in [-0.39, 0.29) is 29.0 Å². The Morgan fingerprint density at radius 3 is 2.70 bits per heavy atom. The fourth-order valence-corrected chi connectivity index (χ4v) is 3.38. The number of hydrogen-bond donors (Lipinski definition) is 1. The van der Waals surface area contributed by atoms with E-state index in [0.29, 0.717) is 16.4 Å². The van der Waals surface area contributed by atoms with Crippen LogP contribution in [0.4, 0.5) is 11.4 Å². The summed E-state index contributed by atoms with van der Waals surface area (Å²) in [7, 11) is 0. The molecular formula is C19H16Cl2N2O4. The standard InChI is InChI=1S/C19H16Cl2N2O4/c1-11-8-17(24)22-15-4-2-3-5-16(15)23(11)18(25)10-27-19(26)13-7-6-12(20)9-14(13)21/h2-7,9,11H,8,10H2,1H3,(H,22,24)/t11-/m1/s1. The Kier molecular flexibility index (Phi) is 5.68. The number of carbonyl (C=O) groups excluding carboxylic acids is 3. The minimum Gasteiger partial charge on any atom is -0.452 e. The first-order valence-corrected chi connectivity index (χ1v) is 8.95. The van der Waals surface area contributed by atoms with Crippen LogP contribution < -0.4 is 10.2 Å². The summed E-state index contributed by atoms with van der Waals surface area (Å²) in [6, 6.07) is 11.0. The van der Waals surface area contributed by atoms with E-state index in [4.69, 9.17) is 27.9 Å². The fourth-order valence-electron chi connectivity index (χ4n) is 2.90. The van der Waals surface area contributed by atoms with Gasteiger partial charge < -0.3 is 15.0 Å². The van der Waals surface area contributed by atoms with Crippen molar-refractivity contribution in [1.29, 1.82) is 0 Å². The molecule has 0 spiro atoms. The third-order valence-electron chi connectivity index (χ3n) is 4.11. The van der Waals surface area contributed by atoms with Gasteiger partial charge >= 0.3 is 5.97 Å². The summed E-state index contributed by atoms with van der Waals surface area (Å²) >= 11 is 11.8. The number of fused-ring (bicyclic) bond motifs is 1. The van der Waals surface area contributed by atoms with Gasteiger partial charge in [-0.1, -0.05) is 35.3 Å². The number of benzene rings is 2. The minimum absolute atomic E-state index is 0.120. The predicted molar refractivity (Wildman–Crippen MR) is 103 cm³/mol. The van der Waals surface area contributed by atoms with Crippen molar-refractivity contribution in [1.82, 2.24) is 0 Å². The molecule has 2 aromatic rings. The van der Waals surface area contributed by atoms with Crippen LogP contribution in [-0.2, 0) is 14.3 Å². The summed E-state index contributed by atoms with van der Waals surface area (Å²) in [5, 5.41) is 3.30. The molecule has 1 N–H and O–H groups in total. The van der Waals surface area contributed by atoms with Crippen LogP contribution in [0.2, 0.25) is 10.0 Å². The smallest absolute Gasteiger partial charge is 0.340 e. The zero-order valence-corrected chi connectivity index (χ0v) is 15.9. The van der Waals surface area contributed by atoms with E-state index in [0.717, 1.165) is 0 Å². The van der Waals surface area contributed by atoms with Crippen LogP contribution in [0.1, 0.15) is 23.7 Å². The molecule has 27 heavy (non-hydrogen) atoms. The zero-order chi connectivity index (χ0) is 19.6. The molecule has 1 aliphatic rings. The molecule has 6 nitrogen and oxygen atoms in total. The molecule has 0 aromatic heterocycles. The molecule has 0 radical (unpaired) electrons.